The Kier molecular flexibility index (Phi) is 4.38. The van der Waals surface area contributed by atoms with Crippen LogP contribution in [0.1, 0.15) is 11.1 Å². The van der Waals surface area contributed by atoms with Crippen LogP contribution in [0.15, 0.2) is 48.5 Å². The van der Waals surface area contributed by atoms with Gasteiger partial charge >= 0.3 is 6.03 Å². The van der Waals surface area contributed by atoms with Crippen molar-refractivity contribution >= 4 is 29.1 Å². The van der Waals surface area contributed by atoms with Gasteiger partial charge in [-0.15, -0.1) is 0 Å². The van der Waals surface area contributed by atoms with Crippen molar-refractivity contribution in [1.29, 1.82) is 10.8 Å². The second-order valence-electron chi connectivity index (χ2n) is 4.56. The molecule has 2 aromatic carbocycles. The van der Waals surface area contributed by atoms with Gasteiger partial charge in [0, 0.05) is 22.5 Å². The minimum atomic E-state index is -0.397. The maximum absolute atomic E-state index is 11.9. The Bertz CT molecular complexity index is 644. The zero-order valence-electron chi connectivity index (χ0n) is 11.7. The molecule has 2 rings (SSSR count). The van der Waals surface area contributed by atoms with Crippen molar-refractivity contribution in [3.63, 3.8) is 0 Å². The molecule has 0 aliphatic heterocycles. The van der Waals surface area contributed by atoms with Gasteiger partial charge in [0.1, 0.15) is 11.7 Å². The first kappa shape index (κ1) is 15.0. The molecule has 0 unspecified atom stereocenters. The standard InChI is InChI=1S/C15H16N6O/c16-13(17)9-1-5-11(6-2-9)20-15(22)21-12-7-3-10(4-8-12)14(18)19/h1-8H,(H3,16,17)(H3,18,19)(H2,20,21,22). The molecule has 2 amide bonds. The number of carbonyl (C=O) groups is 1. The van der Waals surface area contributed by atoms with Crippen LogP contribution in [-0.2, 0) is 0 Å². The minimum absolute atomic E-state index is 0.0263. The lowest BCUT2D eigenvalue weighted by molar-refractivity contribution is 0.262. The largest absolute Gasteiger partial charge is 0.384 e. The highest BCUT2D eigenvalue weighted by atomic mass is 16.2. The van der Waals surface area contributed by atoms with Crippen LogP contribution in [0.2, 0.25) is 0 Å². The molecule has 0 fully saturated rings. The van der Waals surface area contributed by atoms with Crippen LogP contribution in [0.5, 0.6) is 0 Å². The summed E-state index contributed by atoms with van der Waals surface area (Å²) in [6, 6.07) is 12.9. The summed E-state index contributed by atoms with van der Waals surface area (Å²) in [6.07, 6.45) is 0. The molecular weight excluding hydrogens is 280 g/mol. The van der Waals surface area contributed by atoms with Gasteiger partial charge in [-0.25, -0.2) is 4.79 Å². The number of urea groups is 1. The van der Waals surface area contributed by atoms with Crippen molar-refractivity contribution in [2.75, 3.05) is 10.6 Å². The number of hydrogen-bond acceptors (Lipinski definition) is 3. The Morgan fingerprint density at radius 1 is 0.727 bits per heavy atom. The van der Waals surface area contributed by atoms with Gasteiger partial charge in [0.05, 0.1) is 0 Å². The molecule has 0 saturated heterocycles. The maximum atomic E-state index is 11.9. The third kappa shape index (κ3) is 3.83. The van der Waals surface area contributed by atoms with E-state index in [2.05, 4.69) is 10.6 Å². The van der Waals surface area contributed by atoms with Crippen LogP contribution in [0.4, 0.5) is 16.2 Å². The number of benzene rings is 2. The fourth-order valence-corrected chi connectivity index (χ4v) is 1.76. The first-order valence-electron chi connectivity index (χ1n) is 6.42. The molecule has 7 heteroatoms. The second-order valence-corrected chi connectivity index (χ2v) is 4.56. The van der Waals surface area contributed by atoms with E-state index in [0.29, 0.717) is 22.5 Å². The van der Waals surface area contributed by atoms with Gasteiger partial charge < -0.3 is 22.1 Å². The summed E-state index contributed by atoms with van der Waals surface area (Å²) in [5, 5.41) is 19.9. The second kappa shape index (κ2) is 6.40. The lowest BCUT2D eigenvalue weighted by Crippen LogP contribution is -2.19. The molecule has 0 heterocycles. The molecule has 0 aromatic heterocycles. The third-order valence-electron chi connectivity index (χ3n) is 2.91. The van der Waals surface area contributed by atoms with Crippen LogP contribution < -0.4 is 22.1 Å². The smallest absolute Gasteiger partial charge is 0.323 e. The highest BCUT2D eigenvalue weighted by Gasteiger charge is 2.04. The van der Waals surface area contributed by atoms with E-state index < -0.39 is 6.03 Å². The molecule has 2 aromatic rings. The molecule has 0 spiro atoms. The predicted octanol–water partition coefficient (Wildman–Crippen LogP) is 1.90. The topological polar surface area (TPSA) is 141 Å². The van der Waals surface area contributed by atoms with E-state index >= 15 is 0 Å². The SMILES string of the molecule is N=C(N)c1ccc(NC(=O)Nc2ccc(C(=N)N)cc2)cc1. The maximum Gasteiger partial charge on any atom is 0.323 e. The van der Waals surface area contributed by atoms with Crippen LogP contribution in [0.3, 0.4) is 0 Å². The number of anilines is 2. The normalized spacial score (nSPS) is 9.82. The summed E-state index contributed by atoms with van der Waals surface area (Å²) in [5.41, 5.74) is 13.1. The minimum Gasteiger partial charge on any atom is -0.384 e. The number of nitrogens with two attached hydrogens (primary N) is 2. The van der Waals surface area contributed by atoms with Gasteiger partial charge in [0.15, 0.2) is 0 Å². The highest BCUT2D eigenvalue weighted by molar-refractivity contribution is 6.01. The lowest BCUT2D eigenvalue weighted by atomic mass is 10.2. The van der Waals surface area contributed by atoms with Crippen molar-refractivity contribution in [2.45, 2.75) is 0 Å². The third-order valence-corrected chi connectivity index (χ3v) is 2.91. The summed E-state index contributed by atoms with van der Waals surface area (Å²) in [7, 11) is 0. The Morgan fingerprint density at radius 2 is 1.05 bits per heavy atom. The van der Waals surface area contributed by atoms with Gasteiger partial charge in [0.25, 0.3) is 0 Å². The average Bonchev–Trinajstić information content (AvgIpc) is 2.48. The van der Waals surface area contributed by atoms with Gasteiger partial charge in [-0.1, -0.05) is 0 Å². The number of amidine groups is 2. The molecule has 112 valence electrons. The average molecular weight is 296 g/mol. The predicted molar refractivity (Wildman–Crippen MR) is 87.6 cm³/mol. The van der Waals surface area contributed by atoms with E-state index in [0.717, 1.165) is 0 Å². The van der Waals surface area contributed by atoms with E-state index in [1.54, 1.807) is 48.5 Å². The molecule has 0 saturated carbocycles. The van der Waals surface area contributed by atoms with Crippen LogP contribution in [0.25, 0.3) is 0 Å². The van der Waals surface area contributed by atoms with Crippen molar-refractivity contribution in [1.82, 2.24) is 0 Å². The zero-order chi connectivity index (χ0) is 16.1. The van der Waals surface area contributed by atoms with Crippen LogP contribution >= 0.6 is 0 Å². The Balaban J connectivity index is 1.97. The molecule has 0 bridgehead atoms. The van der Waals surface area contributed by atoms with Crippen LogP contribution in [-0.4, -0.2) is 17.7 Å². The fraction of sp³-hybridized carbons (Fsp3) is 0. The molecule has 22 heavy (non-hydrogen) atoms. The number of carbonyl (C=O) groups excluding carboxylic acids is 1. The van der Waals surface area contributed by atoms with Crippen molar-refractivity contribution in [3.05, 3.63) is 59.7 Å². The molecule has 0 radical (unpaired) electrons. The summed E-state index contributed by atoms with van der Waals surface area (Å²) in [6.45, 7) is 0. The number of amides is 2. The van der Waals surface area contributed by atoms with E-state index in [1.807, 2.05) is 0 Å². The number of rotatable bonds is 4. The Hall–Kier alpha value is -3.35. The van der Waals surface area contributed by atoms with Gasteiger partial charge in [-0.3, -0.25) is 10.8 Å². The quantitative estimate of drug-likeness (QED) is 0.379. The molecular formula is C15H16N6O. The summed E-state index contributed by atoms with van der Waals surface area (Å²) in [4.78, 5) is 11.9. The number of hydrogen-bond donors (Lipinski definition) is 6. The van der Waals surface area contributed by atoms with Crippen LogP contribution in [0, 0.1) is 10.8 Å². The molecule has 0 aliphatic rings. The summed E-state index contributed by atoms with van der Waals surface area (Å²) >= 11 is 0. The highest BCUT2D eigenvalue weighted by Crippen LogP contribution is 2.12. The number of nitrogen functional groups attached to an aromatic ring is 2. The van der Waals surface area contributed by atoms with Gasteiger partial charge in [-0.05, 0) is 48.5 Å². The van der Waals surface area contributed by atoms with E-state index in [9.17, 15) is 4.79 Å². The molecule has 8 N–H and O–H groups in total. The van der Waals surface area contributed by atoms with E-state index in [4.69, 9.17) is 22.3 Å². The Labute approximate surface area is 127 Å². The first-order chi connectivity index (χ1) is 10.5. The monoisotopic (exact) mass is 296 g/mol. The van der Waals surface area contributed by atoms with Crippen molar-refractivity contribution in [2.24, 2.45) is 11.5 Å². The summed E-state index contributed by atoms with van der Waals surface area (Å²) in [5.74, 6) is -0.0527. The Morgan fingerprint density at radius 3 is 1.32 bits per heavy atom. The fourth-order valence-electron chi connectivity index (χ4n) is 1.76. The number of nitrogens with one attached hydrogen (secondary N) is 4. The van der Waals surface area contributed by atoms with Gasteiger partial charge in [-0.2, -0.15) is 0 Å². The molecule has 7 nitrogen and oxygen atoms in total. The van der Waals surface area contributed by atoms with Crippen molar-refractivity contribution in [3.8, 4) is 0 Å². The van der Waals surface area contributed by atoms with Gasteiger partial charge in [0.2, 0.25) is 0 Å². The first-order valence-corrected chi connectivity index (χ1v) is 6.42. The molecule has 0 aliphatic carbocycles. The lowest BCUT2D eigenvalue weighted by Gasteiger charge is -2.08. The molecule has 0 atom stereocenters. The van der Waals surface area contributed by atoms with Crippen molar-refractivity contribution < 1.29 is 4.79 Å². The van der Waals surface area contributed by atoms with E-state index in [1.165, 1.54) is 0 Å². The zero-order valence-corrected chi connectivity index (χ0v) is 11.7. The summed E-state index contributed by atoms with van der Waals surface area (Å²) < 4.78 is 0. The van der Waals surface area contributed by atoms with E-state index in [-0.39, 0.29) is 11.7 Å².